The van der Waals surface area contributed by atoms with Crippen molar-refractivity contribution in [2.45, 2.75) is 26.7 Å². The molecule has 0 fully saturated rings. The molecule has 0 aromatic heterocycles. The fraction of sp³-hybridized carbons (Fsp3) is 0.333. The predicted molar refractivity (Wildman–Crippen MR) is 124 cm³/mol. The van der Waals surface area contributed by atoms with E-state index in [1.807, 2.05) is 0 Å². The Kier molecular flexibility index (Phi) is 15.1. The van der Waals surface area contributed by atoms with Gasteiger partial charge in [0.2, 0.25) is 0 Å². The van der Waals surface area contributed by atoms with Gasteiger partial charge in [-0.3, -0.25) is 0 Å². The number of hydrogen-bond donors (Lipinski definition) is 0. The summed E-state index contributed by atoms with van der Waals surface area (Å²) in [7, 11) is 0. The largest absolute Gasteiger partial charge is 1.00 e. The minimum atomic E-state index is -2.36. The van der Waals surface area contributed by atoms with Gasteiger partial charge in [-0.25, -0.2) is 0 Å². The minimum Gasteiger partial charge on any atom is -1.00 e. The molecule has 0 bridgehead atoms. The van der Waals surface area contributed by atoms with Crippen LogP contribution in [0.25, 0.3) is 0 Å². The van der Waals surface area contributed by atoms with E-state index in [9.17, 15) is 0 Å². The maximum absolute atomic E-state index is 4.06. The zero-order chi connectivity index (χ0) is 20.5. The van der Waals surface area contributed by atoms with E-state index in [1.54, 1.807) is 6.66 Å². The van der Waals surface area contributed by atoms with Gasteiger partial charge in [-0.1, -0.05) is 0 Å². The average molecular weight is 629 g/mol. The van der Waals surface area contributed by atoms with E-state index in [0.29, 0.717) is 0 Å². The Hall–Kier alpha value is -0.493. The molecule has 0 N–H and O–H groups in total. The van der Waals surface area contributed by atoms with Gasteiger partial charge in [-0.05, 0) is 0 Å². The topological polar surface area (TPSA) is 6.48 Å². The van der Waals surface area contributed by atoms with Gasteiger partial charge in [-0.2, -0.15) is 0 Å². The normalized spacial score (nSPS) is 15.0. The van der Waals surface area contributed by atoms with Crippen LogP contribution in [0.4, 0.5) is 0 Å². The molecule has 0 aliphatic heterocycles. The second-order valence-electron chi connectivity index (χ2n) is 7.39. The van der Waals surface area contributed by atoms with Gasteiger partial charge in [0.15, 0.2) is 0 Å². The summed E-state index contributed by atoms with van der Waals surface area (Å²) in [5.41, 5.74) is 3.06. The predicted octanol–water partition coefficient (Wildman–Crippen LogP) is -0.854. The van der Waals surface area contributed by atoms with E-state index in [2.05, 4.69) is 97.9 Å². The summed E-state index contributed by atoms with van der Waals surface area (Å²) in [4.78, 5) is 0. The van der Waals surface area contributed by atoms with Gasteiger partial charge < -0.3 is 24.8 Å². The molecule has 0 radical (unpaired) electrons. The summed E-state index contributed by atoms with van der Waals surface area (Å²) in [5, 5.41) is 0. The summed E-state index contributed by atoms with van der Waals surface area (Å²) >= 11 is -2.36. The minimum absolute atomic E-state index is 0. The van der Waals surface area contributed by atoms with Crippen LogP contribution in [0.3, 0.4) is 0 Å². The van der Waals surface area contributed by atoms with Gasteiger partial charge in [0, 0.05) is 0 Å². The van der Waals surface area contributed by atoms with E-state index in [1.165, 1.54) is 11.1 Å². The maximum atomic E-state index is 4.06. The molecule has 2 nitrogen and oxygen atoms in total. The standard InChI is InChI=1S/C12H21N2Si.2C6H7.2ClH.Hf/c1-5-9-13(10-6-2)15-14(11-7-3)12-8-4;2*1-6-4-2-3-5-6;;;/h5-8,15H,1-4,9-12H2;2*2,4H,3H2,1H3;2*1H;/q;;;;;+2/p-2. The Morgan fingerprint density at radius 1 is 0.767 bits per heavy atom. The Labute approximate surface area is 205 Å². The molecule has 2 rings (SSSR count). The van der Waals surface area contributed by atoms with Crippen LogP contribution in [0, 0.1) is 0 Å². The molecule has 0 saturated carbocycles. The second kappa shape index (κ2) is 15.3. The molecular formula is C24H35Cl2HfN2Si. The van der Waals surface area contributed by atoms with E-state index in [4.69, 9.17) is 0 Å². The first kappa shape index (κ1) is 29.5. The molecule has 0 unspecified atom stereocenters. The molecule has 0 heterocycles. The number of allylic oxidation sites excluding steroid dienone is 8. The van der Waals surface area contributed by atoms with Crippen molar-refractivity contribution >= 4 is 6.31 Å². The van der Waals surface area contributed by atoms with Crippen molar-refractivity contribution in [3.63, 3.8) is 0 Å². The third-order valence-corrected chi connectivity index (χ3v) is 36.2. The van der Waals surface area contributed by atoms with Crippen molar-refractivity contribution in [3.05, 3.63) is 92.7 Å². The van der Waals surface area contributed by atoms with Gasteiger partial charge in [-0.15, -0.1) is 0 Å². The van der Waals surface area contributed by atoms with E-state index < -0.39 is 26.9 Å². The smallest absolute Gasteiger partial charge is 1.00 e. The van der Waals surface area contributed by atoms with Crippen LogP contribution in [0.1, 0.15) is 26.7 Å². The van der Waals surface area contributed by atoms with Crippen molar-refractivity contribution in [1.82, 2.24) is 9.13 Å². The molecule has 30 heavy (non-hydrogen) atoms. The Morgan fingerprint density at radius 3 is 1.33 bits per heavy atom. The van der Waals surface area contributed by atoms with Crippen LogP contribution >= 0.6 is 0 Å². The molecular weight excluding hydrogens is 594 g/mol. The van der Waals surface area contributed by atoms with Crippen LogP contribution in [0.5, 0.6) is 0 Å². The number of rotatable bonds is 13. The van der Waals surface area contributed by atoms with Crippen molar-refractivity contribution in [2.75, 3.05) is 26.2 Å². The molecule has 0 saturated heterocycles. The fourth-order valence-corrected chi connectivity index (χ4v) is 39.6. The Balaban J connectivity index is 0.00000420. The first-order chi connectivity index (χ1) is 13.6. The molecule has 6 heteroatoms. The molecule has 163 valence electrons. The van der Waals surface area contributed by atoms with Crippen LogP contribution < -0.4 is 24.8 Å². The third kappa shape index (κ3) is 7.29. The summed E-state index contributed by atoms with van der Waals surface area (Å²) in [6, 6.07) is 0. The molecule has 0 spiro atoms. The van der Waals surface area contributed by atoms with E-state index >= 15 is 0 Å². The number of halogens is 2. The zero-order valence-electron chi connectivity index (χ0n) is 18.4. The number of nitrogens with zero attached hydrogens (tertiary/aromatic N) is 2. The average Bonchev–Trinajstić information content (AvgIpc) is 3.28. The zero-order valence-corrected chi connectivity index (χ0v) is 24.7. The summed E-state index contributed by atoms with van der Waals surface area (Å²) < 4.78 is 9.03. The molecule has 0 aromatic rings. The van der Waals surface area contributed by atoms with Crippen molar-refractivity contribution in [2.24, 2.45) is 0 Å². The van der Waals surface area contributed by atoms with Crippen LogP contribution in [0.15, 0.2) is 92.7 Å². The number of hydrogen-bond acceptors (Lipinski definition) is 2. The van der Waals surface area contributed by atoms with Gasteiger partial charge in [0.25, 0.3) is 0 Å². The van der Waals surface area contributed by atoms with Crippen LogP contribution in [-0.2, 0) is 20.6 Å². The summed E-state index contributed by atoms with van der Waals surface area (Å²) in [6.07, 6.45) is 18.6. The SMILES string of the molecule is C=CCN(CC=C)[SiH](N(CC=C)CC=C)[Hf+2]([C]1=C(C)C=CC1)[C]1=C(C)C=CC1.[Cl-].[Cl-]. The van der Waals surface area contributed by atoms with Gasteiger partial charge in [0.1, 0.15) is 0 Å². The van der Waals surface area contributed by atoms with E-state index in [-0.39, 0.29) is 24.8 Å². The Morgan fingerprint density at radius 2 is 1.10 bits per heavy atom. The fourth-order valence-electron chi connectivity index (χ4n) is 4.18. The molecule has 0 aromatic carbocycles. The maximum Gasteiger partial charge on any atom is -1.00 e. The van der Waals surface area contributed by atoms with Gasteiger partial charge in [0.05, 0.1) is 0 Å². The van der Waals surface area contributed by atoms with Gasteiger partial charge >= 0.3 is 182 Å². The first-order valence-corrected chi connectivity index (χ1v) is 21.5. The molecule has 0 atom stereocenters. The molecule has 0 amide bonds. The summed E-state index contributed by atoms with van der Waals surface area (Å²) in [5.74, 6) is 0. The van der Waals surface area contributed by atoms with Crippen molar-refractivity contribution in [1.29, 1.82) is 0 Å². The molecule has 2 aliphatic rings. The van der Waals surface area contributed by atoms with Crippen LogP contribution in [0.2, 0.25) is 0 Å². The van der Waals surface area contributed by atoms with Crippen molar-refractivity contribution in [3.8, 4) is 0 Å². The quantitative estimate of drug-likeness (QED) is 0.194. The van der Waals surface area contributed by atoms with Crippen LogP contribution in [-0.4, -0.2) is 41.6 Å². The summed E-state index contributed by atoms with van der Waals surface area (Å²) in [6.45, 7) is 24.6. The molecule has 2 aliphatic carbocycles. The van der Waals surface area contributed by atoms with Crippen molar-refractivity contribution < 1.29 is 45.4 Å². The Bertz CT molecular complexity index is 659. The first-order valence-electron chi connectivity index (χ1n) is 10.1. The second-order valence-corrected chi connectivity index (χ2v) is 27.2. The monoisotopic (exact) mass is 629 g/mol. The third-order valence-electron chi connectivity index (χ3n) is 5.39. The van der Waals surface area contributed by atoms with E-state index in [0.717, 1.165) is 39.0 Å².